The van der Waals surface area contributed by atoms with Crippen molar-refractivity contribution in [2.75, 3.05) is 5.75 Å². The normalized spacial score (nSPS) is 13.0. The maximum Gasteiger partial charge on any atom is 0.255 e. The lowest BCUT2D eigenvalue weighted by Crippen LogP contribution is -2.45. The van der Waals surface area contributed by atoms with E-state index in [1.807, 2.05) is 0 Å². The average Bonchev–Trinajstić information content (AvgIpc) is 2.61. The van der Waals surface area contributed by atoms with Gasteiger partial charge in [-0.25, -0.2) is 8.78 Å². The van der Waals surface area contributed by atoms with Crippen molar-refractivity contribution < 1.29 is 22.6 Å². The number of hydrogen-bond acceptors (Lipinski definition) is 3. The molecular formula is C17H16F2N2O3S. The fraction of sp³-hybridized carbons (Fsp3) is 0.176. The van der Waals surface area contributed by atoms with Crippen LogP contribution in [0.25, 0.3) is 0 Å². The lowest BCUT2D eigenvalue weighted by Gasteiger charge is -2.15. The van der Waals surface area contributed by atoms with Gasteiger partial charge in [0.15, 0.2) is 11.6 Å². The highest BCUT2D eigenvalue weighted by Crippen LogP contribution is 2.12. The highest BCUT2D eigenvalue weighted by molar-refractivity contribution is 7.85. The molecule has 0 aliphatic rings. The summed E-state index contributed by atoms with van der Waals surface area (Å²) in [5, 5.41) is 2.25. The largest absolute Gasteiger partial charge is 0.368 e. The summed E-state index contributed by atoms with van der Waals surface area (Å²) >= 11 is 0. The summed E-state index contributed by atoms with van der Waals surface area (Å²) in [6.45, 7) is 0. The van der Waals surface area contributed by atoms with Gasteiger partial charge in [-0.1, -0.05) is 24.3 Å². The molecule has 0 spiro atoms. The molecule has 25 heavy (non-hydrogen) atoms. The minimum Gasteiger partial charge on any atom is -0.368 e. The predicted molar refractivity (Wildman–Crippen MR) is 89.1 cm³/mol. The number of nitrogens with two attached hydrogens (primary N) is 1. The van der Waals surface area contributed by atoms with Crippen molar-refractivity contribution in [3.05, 3.63) is 65.7 Å². The molecular weight excluding hydrogens is 350 g/mol. The van der Waals surface area contributed by atoms with Crippen LogP contribution >= 0.6 is 0 Å². The van der Waals surface area contributed by atoms with E-state index in [2.05, 4.69) is 5.32 Å². The van der Waals surface area contributed by atoms with Crippen LogP contribution in [-0.4, -0.2) is 27.8 Å². The molecule has 2 aromatic carbocycles. The van der Waals surface area contributed by atoms with Gasteiger partial charge in [0.25, 0.3) is 5.91 Å². The fourth-order valence-corrected chi connectivity index (χ4v) is 3.26. The summed E-state index contributed by atoms with van der Waals surface area (Å²) in [7, 11) is -1.38. The van der Waals surface area contributed by atoms with Crippen LogP contribution in [0.5, 0.6) is 0 Å². The van der Waals surface area contributed by atoms with Crippen LogP contribution in [0.4, 0.5) is 8.78 Å². The molecule has 0 saturated carbocycles. The Balaban J connectivity index is 2.03. The van der Waals surface area contributed by atoms with Crippen LogP contribution in [0, 0.1) is 11.6 Å². The topological polar surface area (TPSA) is 89.3 Å². The molecule has 0 heterocycles. The summed E-state index contributed by atoms with van der Waals surface area (Å²) in [6, 6.07) is 10.6. The van der Waals surface area contributed by atoms with Crippen molar-refractivity contribution in [2.24, 2.45) is 5.73 Å². The van der Waals surface area contributed by atoms with E-state index in [1.165, 1.54) is 6.07 Å². The Hall–Kier alpha value is -2.61. The van der Waals surface area contributed by atoms with Gasteiger partial charge in [0.05, 0.1) is 16.4 Å². The van der Waals surface area contributed by atoms with Crippen LogP contribution in [0.1, 0.15) is 16.8 Å². The number of amides is 2. The second kappa shape index (κ2) is 8.48. The van der Waals surface area contributed by atoms with Gasteiger partial charge in [0.2, 0.25) is 5.91 Å². The molecule has 0 fully saturated rings. The van der Waals surface area contributed by atoms with Crippen LogP contribution in [-0.2, 0) is 15.6 Å². The van der Waals surface area contributed by atoms with E-state index in [0.29, 0.717) is 4.90 Å². The van der Waals surface area contributed by atoms with Crippen molar-refractivity contribution in [3.8, 4) is 0 Å². The van der Waals surface area contributed by atoms with Gasteiger partial charge in [-0.05, 0) is 30.7 Å². The molecule has 5 nitrogen and oxygen atoms in total. The lowest BCUT2D eigenvalue weighted by molar-refractivity contribution is -0.119. The number of rotatable bonds is 7. The summed E-state index contributed by atoms with van der Waals surface area (Å²) in [6.07, 6.45) is -0.000483. The Morgan fingerprint density at radius 3 is 2.40 bits per heavy atom. The Labute approximate surface area is 145 Å². The lowest BCUT2D eigenvalue weighted by atomic mass is 10.1. The number of carbonyl (C=O) groups excluding carboxylic acids is 2. The smallest absolute Gasteiger partial charge is 0.255 e. The molecule has 8 heteroatoms. The van der Waals surface area contributed by atoms with Crippen LogP contribution in [0.3, 0.4) is 0 Å². The number of carbonyl (C=O) groups is 2. The first kappa shape index (κ1) is 18.7. The Bertz CT molecular complexity index is 800. The van der Waals surface area contributed by atoms with Crippen LogP contribution < -0.4 is 11.1 Å². The van der Waals surface area contributed by atoms with Crippen molar-refractivity contribution in [3.63, 3.8) is 0 Å². The SMILES string of the molecule is NC(=O)[C@H](CC[S@](=O)c1ccccc1)NC(=O)c1cccc(F)c1F. The molecule has 0 saturated heterocycles. The Morgan fingerprint density at radius 2 is 1.76 bits per heavy atom. The van der Waals surface area contributed by atoms with Crippen LogP contribution in [0.15, 0.2) is 53.4 Å². The summed E-state index contributed by atoms with van der Waals surface area (Å²) in [5.74, 6) is -4.23. The number of primary amides is 1. The molecule has 0 aromatic heterocycles. The third kappa shape index (κ3) is 4.93. The highest BCUT2D eigenvalue weighted by Gasteiger charge is 2.22. The summed E-state index contributed by atoms with van der Waals surface area (Å²) in [5.41, 5.74) is 4.70. The molecule has 0 unspecified atom stereocenters. The van der Waals surface area contributed by atoms with Crippen molar-refractivity contribution in [1.29, 1.82) is 0 Å². The first-order valence-electron chi connectivity index (χ1n) is 7.37. The van der Waals surface area contributed by atoms with Crippen molar-refractivity contribution >= 4 is 22.6 Å². The van der Waals surface area contributed by atoms with Gasteiger partial charge >= 0.3 is 0 Å². The first-order chi connectivity index (χ1) is 11.9. The van der Waals surface area contributed by atoms with Gasteiger partial charge in [-0.15, -0.1) is 0 Å². The van der Waals surface area contributed by atoms with E-state index in [1.54, 1.807) is 30.3 Å². The van der Waals surface area contributed by atoms with E-state index in [9.17, 15) is 22.6 Å². The molecule has 132 valence electrons. The molecule has 2 atom stereocenters. The Morgan fingerprint density at radius 1 is 1.08 bits per heavy atom. The zero-order chi connectivity index (χ0) is 18.4. The zero-order valence-electron chi connectivity index (χ0n) is 13.1. The quantitative estimate of drug-likeness (QED) is 0.782. The van der Waals surface area contributed by atoms with E-state index in [-0.39, 0.29) is 12.2 Å². The number of benzene rings is 2. The van der Waals surface area contributed by atoms with Crippen LogP contribution in [0.2, 0.25) is 0 Å². The maximum absolute atomic E-state index is 13.6. The minimum absolute atomic E-state index is 0.000483. The molecule has 3 N–H and O–H groups in total. The van der Waals surface area contributed by atoms with Crippen molar-refractivity contribution in [2.45, 2.75) is 17.4 Å². The monoisotopic (exact) mass is 366 g/mol. The van der Waals surface area contributed by atoms with Gasteiger partial charge < -0.3 is 11.1 Å². The van der Waals surface area contributed by atoms with Gasteiger partial charge in [-0.2, -0.15) is 0 Å². The second-order valence-corrected chi connectivity index (χ2v) is 6.75. The second-order valence-electron chi connectivity index (χ2n) is 5.18. The molecule has 0 aliphatic carbocycles. The maximum atomic E-state index is 13.6. The third-order valence-corrected chi connectivity index (χ3v) is 4.85. The molecule has 2 rings (SSSR count). The van der Waals surface area contributed by atoms with Gasteiger partial charge in [0, 0.05) is 10.6 Å². The standard InChI is InChI=1S/C17H16F2N2O3S/c18-13-8-4-7-12(15(13)19)17(23)21-14(16(20)22)9-10-25(24)11-5-2-1-3-6-11/h1-8,14H,9-10H2,(H2,20,22)(H,21,23)/t14-,25-/m0/s1. The predicted octanol–water partition coefficient (Wildman–Crippen LogP) is 1.75. The fourth-order valence-electron chi connectivity index (χ4n) is 2.12. The molecule has 2 aromatic rings. The average molecular weight is 366 g/mol. The van der Waals surface area contributed by atoms with E-state index < -0.39 is 45.9 Å². The molecule has 2 amide bonds. The summed E-state index contributed by atoms with van der Waals surface area (Å²) in [4.78, 5) is 24.1. The Kier molecular flexibility index (Phi) is 6.35. The molecule has 0 bridgehead atoms. The first-order valence-corrected chi connectivity index (χ1v) is 8.69. The van der Waals surface area contributed by atoms with Gasteiger partial charge in [0.1, 0.15) is 6.04 Å². The van der Waals surface area contributed by atoms with Crippen molar-refractivity contribution in [1.82, 2.24) is 5.32 Å². The summed E-state index contributed by atoms with van der Waals surface area (Å²) < 4.78 is 39.0. The van der Waals surface area contributed by atoms with Gasteiger partial charge in [-0.3, -0.25) is 13.8 Å². The highest BCUT2D eigenvalue weighted by atomic mass is 32.2. The van der Waals surface area contributed by atoms with E-state index in [0.717, 1.165) is 12.1 Å². The molecule has 0 aliphatic heterocycles. The number of nitrogens with one attached hydrogen (secondary N) is 1. The number of hydrogen-bond donors (Lipinski definition) is 2. The van der Waals surface area contributed by atoms with E-state index >= 15 is 0 Å². The minimum atomic E-state index is -1.38. The third-order valence-electron chi connectivity index (χ3n) is 3.44. The zero-order valence-corrected chi connectivity index (χ0v) is 13.9. The molecule has 0 radical (unpaired) electrons. The van der Waals surface area contributed by atoms with E-state index in [4.69, 9.17) is 5.73 Å². The number of halogens is 2.